The number of benzene rings is 1. The zero-order chi connectivity index (χ0) is 13.3. The van der Waals surface area contributed by atoms with Crippen LogP contribution in [0.5, 0.6) is 0 Å². The third-order valence-electron chi connectivity index (χ3n) is 3.64. The van der Waals surface area contributed by atoms with Gasteiger partial charge in [0.05, 0.1) is 12.1 Å². The molecule has 3 nitrogen and oxygen atoms in total. The lowest BCUT2D eigenvalue weighted by atomic mass is 9.96. The van der Waals surface area contributed by atoms with Crippen molar-refractivity contribution in [3.05, 3.63) is 35.1 Å². The highest BCUT2D eigenvalue weighted by Crippen LogP contribution is 2.39. The van der Waals surface area contributed by atoms with Crippen LogP contribution < -0.4 is 5.32 Å². The molecule has 1 aliphatic rings. The van der Waals surface area contributed by atoms with E-state index in [-0.39, 0.29) is 18.3 Å². The SMILES string of the molecule is Cc1cc(F)ccc1C(=O)N[C@](C)(CO)C1CC1. The van der Waals surface area contributed by atoms with Crippen molar-refractivity contribution in [1.29, 1.82) is 0 Å². The van der Waals surface area contributed by atoms with Gasteiger partial charge in [-0.05, 0) is 56.4 Å². The maximum atomic E-state index is 13.0. The highest BCUT2D eigenvalue weighted by Gasteiger charge is 2.42. The normalized spacial score (nSPS) is 18.2. The van der Waals surface area contributed by atoms with Crippen molar-refractivity contribution in [3.63, 3.8) is 0 Å². The molecule has 1 aromatic carbocycles. The molecule has 1 atom stereocenters. The van der Waals surface area contributed by atoms with Crippen molar-refractivity contribution in [2.45, 2.75) is 32.2 Å². The number of rotatable bonds is 4. The van der Waals surface area contributed by atoms with Crippen LogP contribution in [0.2, 0.25) is 0 Å². The lowest BCUT2D eigenvalue weighted by molar-refractivity contribution is 0.0824. The molecule has 4 heteroatoms. The van der Waals surface area contributed by atoms with Gasteiger partial charge in [0, 0.05) is 5.56 Å². The molecule has 0 unspecified atom stereocenters. The first-order valence-corrected chi connectivity index (χ1v) is 6.16. The monoisotopic (exact) mass is 251 g/mol. The molecule has 0 heterocycles. The zero-order valence-electron chi connectivity index (χ0n) is 10.7. The first-order chi connectivity index (χ1) is 8.46. The number of carbonyl (C=O) groups is 1. The van der Waals surface area contributed by atoms with Crippen molar-refractivity contribution in [2.24, 2.45) is 5.92 Å². The second kappa shape index (κ2) is 4.69. The fourth-order valence-corrected chi connectivity index (χ4v) is 2.20. The second-order valence-electron chi connectivity index (χ2n) is 5.26. The predicted octanol–water partition coefficient (Wildman–Crippen LogP) is 2.02. The molecule has 1 aromatic rings. The van der Waals surface area contributed by atoms with Crippen LogP contribution in [0.4, 0.5) is 4.39 Å². The fourth-order valence-electron chi connectivity index (χ4n) is 2.20. The molecular weight excluding hydrogens is 233 g/mol. The van der Waals surface area contributed by atoms with Gasteiger partial charge in [0.15, 0.2) is 0 Å². The molecule has 0 saturated heterocycles. The van der Waals surface area contributed by atoms with Gasteiger partial charge in [-0.25, -0.2) is 4.39 Å². The van der Waals surface area contributed by atoms with Crippen molar-refractivity contribution in [3.8, 4) is 0 Å². The Morgan fingerprint density at radius 2 is 2.22 bits per heavy atom. The quantitative estimate of drug-likeness (QED) is 0.860. The van der Waals surface area contributed by atoms with Gasteiger partial charge in [-0.3, -0.25) is 4.79 Å². The van der Waals surface area contributed by atoms with Crippen LogP contribution in [0.15, 0.2) is 18.2 Å². The Balaban J connectivity index is 2.16. The Morgan fingerprint density at radius 1 is 1.56 bits per heavy atom. The minimum atomic E-state index is -0.572. The van der Waals surface area contributed by atoms with Crippen molar-refractivity contribution in [2.75, 3.05) is 6.61 Å². The van der Waals surface area contributed by atoms with E-state index in [0.29, 0.717) is 17.0 Å². The molecule has 18 heavy (non-hydrogen) atoms. The van der Waals surface area contributed by atoms with Crippen molar-refractivity contribution < 1.29 is 14.3 Å². The Kier molecular flexibility index (Phi) is 3.39. The fraction of sp³-hybridized carbons (Fsp3) is 0.500. The number of hydrogen-bond donors (Lipinski definition) is 2. The molecule has 0 radical (unpaired) electrons. The van der Waals surface area contributed by atoms with Crippen LogP contribution >= 0.6 is 0 Å². The summed E-state index contributed by atoms with van der Waals surface area (Å²) in [5.74, 6) is -0.265. The number of aliphatic hydroxyl groups is 1. The lowest BCUT2D eigenvalue weighted by Gasteiger charge is -2.29. The van der Waals surface area contributed by atoms with E-state index in [1.165, 1.54) is 18.2 Å². The second-order valence-corrected chi connectivity index (χ2v) is 5.26. The minimum Gasteiger partial charge on any atom is -0.394 e. The molecule has 0 aliphatic heterocycles. The summed E-state index contributed by atoms with van der Waals surface area (Å²) in [5, 5.41) is 12.3. The smallest absolute Gasteiger partial charge is 0.252 e. The Hall–Kier alpha value is -1.42. The number of aryl methyl sites for hydroxylation is 1. The van der Waals surface area contributed by atoms with E-state index >= 15 is 0 Å². The molecule has 1 aliphatic carbocycles. The van der Waals surface area contributed by atoms with E-state index in [1.807, 2.05) is 6.92 Å². The molecule has 1 saturated carbocycles. The first kappa shape index (κ1) is 13.0. The summed E-state index contributed by atoms with van der Waals surface area (Å²) in [6.07, 6.45) is 2.06. The highest BCUT2D eigenvalue weighted by molar-refractivity contribution is 5.96. The maximum absolute atomic E-state index is 13.0. The summed E-state index contributed by atoms with van der Waals surface area (Å²) >= 11 is 0. The number of hydrogen-bond acceptors (Lipinski definition) is 2. The summed E-state index contributed by atoms with van der Waals surface area (Å²) in [7, 11) is 0. The number of aliphatic hydroxyl groups excluding tert-OH is 1. The highest BCUT2D eigenvalue weighted by atomic mass is 19.1. The van der Waals surface area contributed by atoms with Gasteiger partial charge in [-0.15, -0.1) is 0 Å². The Bertz CT molecular complexity index is 471. The van der Waals surface area contributed by atoms with Gasteiger partial charge < -0.3 is 10.4 Å². The number of carbonyl (C=O) groups excluding carboxylic acids is 1. The van der Waals surface area contributed by atoms with Gasteiger partial charge in [-0.1, -0.05) is 0 Å². The van der Waals surface area contributed by atoms with Gasteiger partial charge in [0.2, 0.25) is 0 Å². The van der Waals surface area contributed by atoms with Gasteiger partial charge in [-0.2, -0.15) is 0 Å². The molecule has 2 rings (SSSR count). The molecule has 0 bridgehead atoms. The van der Waals surface area contributed by atoms with Gasteiger partial charge in [0.25, 0.3) is 5.91 Å². The third kappa shape index (κ3) is 2.53. The largest absolute Gasteiger partial charge is 0.394 e. The predicted molar refractivity (Wildman–Crippen MR) is 66.8 cm³/mol. The summed E-state index contributed by atoms with van der Waals surface area (Å²) in [4.78, 5) is 12.1. The average molecular weight is 251 g/mol. The molecule has 2 N–H and O–H groups in total. The van der Waals surface area contributed by atoms with Gasteiger partial charge >= 0.3 is 0 Å². The molecule has 1 fully saturated rings. The third-order valence-corrected chi connectivity index (χ3v) is 3.64. The number of halogens is 1. The van der Waals surface area contributed by atoms with E-state index in [9.17, 15) is 14.3 Å². The average Bonchev–Trinajstić information content (AvgIpc) is 3.12. The van der Waals surface area contributed by atoms with Crippen molar-refractivity contribution in [1.82, 2.24) is 5.32 Å². The molecule has 1 amide bonds. The van der Waals surface area contributed by atoms with Crippen LogP contribution in [0.3, 0.4) is 0 Å². The minimum absolute atomic E-state index is 0.0797. The van der Waals surface area contributed by atoms with E-state index in [2.05, 4.69) is 5.32 Å². The molecule has 0 spiro atoms. The van der Waals surface area contributed by atoms with E-state index < -0.39 is 5.54 Å². The summed E-state index contributed by atoms with van der Waals surface area (Å²) in [6, 6.07) is 4.09. The number of amides is 1. The topological polar surface area (TPSA) is 49.3 Å². The summed E-state index contributed by atoms with van der Waals surface area (Å²) < 4.78 is 13.0. The zero-order valence-corrected chi connectivity index (χ0v) is 10.7. The summed E-state index contributed by atoms with van der Waals surface area (Å²) in [6.45, 7) is 3.47. The van der Waals surface area contributed by atoms with E-state index in [4.69, 9.17) is 0 Å². The van der Waals surface area contributed by atoms with Crippen LogP contribution in [0.25, 0.3) is 0 Å². The lowest BCUT2D eigenvalue weighted by Crippen LogP contribution is -2.50. The van der Waals surface area contributed by atoms with E-state index in [1.54, 1.807) is 6.92 Å². The Labute approximate surface area is 106 Å². The van der Waals surface area contributed by atoms with Gasteiger partial charge in [0.1, 0.15) is 5.82 Å². The van der Waals surface area contributed by atoms with Crippen LogP contribution in [0.1, 0.15) is 35.7 Å². The van der Waals surface area contributed by atoms with Crippen LogP contribution in [-0.4, -0.2) is 23.2 Å². The van der Waals surface area contributed by atoms with Crippen LogP contribution in [0, 0.1) is 18.7 Å². The van der Waals surface area contributed by atoms with Crippen molar-refractivity contribution >= 4 is 5.91 Å². The maximum Gasteiger partial charge on any atom is 0.252 e. The van der Waals surface area contributed by atoms with E-state index in [0.717, 1.165) is 12.8 Å². The first-order valence-electron chi connectivity index (χ1n) is 6.16. The standard InChI is InChI=1S/C14H18FNO2/c1-9-7-11(15)5-6-12(9)13(18)16-14(2,8-17)10-3-4-10/h5-7,10,17H,3-4,8H2,1-2H3,(H,16,18)/t14-/m1/s1. The number of nitrogens with one attached hydrogen (secondary N) is 1. The Morgan fingerprint density at radius 3 is 2.72 bits per heavy atom. The van der Waals surface area contributed by atoms with Crippen LogP contribution in [-0.2, 0) is 0 Å². The molecule has 0 aromatic heterocycles. The molecular formula is C14H18FNO2. The summed E-state index contributed by atoms with van der Waals surface area (Å²) in [5.41, 5.74) is 0.484. The molecule has 98 valence electrons.